The van der Waals surface area contributed by atoms with Gasteiger partial charge in [0.05, 0.1) is 6.04 Å². The van der Waals surface area contributed by atoms with Crippen molar-refractivity contribution in [1.29, 1.82) is 0 Å². The van der Waals surface area contributed by atoms with Gasteiger partial charge in [0, 0.05) is 5.92 Å². The summed E-state index contributed by atoms with van der Waals surface area (Å²) in [4.78, 5) is 4.57. The summed E-state index contributed by atoms with van der Waals surface area (Å²) >= 11 is 0. The van der Waals surface area contributed by atoms with E-state index in [-0.39, 0.29) is 6.04 Å². The molecule has 4 atom stereocenters. The van der Waals surface area contributed by atoms with Crippen molar-refractivity contribution in [3.05, 3.63) is 11.7 Å². The van der Waals surface area contributed by atoms with Crippen LogP contribution in [0.5, 0.6) is 0 Å². The van der Waals surface area contributed by atoms with Crippen molar-refractivity contribution in [2.24, 2.45) is 17.6 Å². The monoisotopic (exact) mass is 265 g/mol. The molecule has 1 saturated carbocycles. The van der Waals surface area contributed by atoms with Gasteiger partial charge in [-0.2, -0.15) is 4.98 Å². The van der Waals surface area contributed by atoms with Crippen molar-refractivity contribution >= 4 is 0 Å². The lowest BCUT2D eigenvalue weighted by molar-refractivity contribution is 0.290. The molecule has 0 aromatic carbocycles. The van der Waals surface area contributed by atoms with E-state index in [1.54, 1.807) is 0 Å². The number of aromatic nitrogens is 2. The van der Waals surface area contributed by atoms with Crippen LogP contribution in [-0.2, 0) is 0 Å². The van der Waals surface area contributed by atoms with Gasteiger partial charge in [-0.15, -0.1) is 0 Å². The quantitative estimate of drug-likeness (QED) is 0.879. The molecule has 0 saturated heterocycles. The van der Waals surface area contributed by atoms with Crippen LogP contribution in [0.2, 0.25) is 0 Å². The summed E-state index contributed by atoms with van der Waals surface area (Å²) in [6.07, 6.45) is 7.31. The fourth-order valence-electron chi connectivity index (χ4n) is 2.94. The van der Waals surface area contributed by atoms with Crippen LogP contribution in [-0.4, -0.2) is 10.1 Å². The zero-order valence-corrected chi connectivity index (χ0v) is 12.4. The summed E-state index contributed by atoms with van der Waals surface area (Å²) < 4.78 is 5.39. The minimum atomic E-state index is -0.128. The van der Waals surface area contributed by atoms with Gasteiger partial charge in [-0.1, -0.05) is 51.6 Å². The molecular formula is C15H27N3O. The molecule has 1 aromatic rings. The lowest BCUT2D eigenvalue weighted by Gasteiger charge is -2.26. The van der Waals surface area contributed by atoms with Gasteiger partial charge in [0.1, 0.15) is 0 Å². The Morgan fingerprint density at radius 1 is 1.37 bits per heavy atom. The van der Waals surface area contributed by atoms with E-state index in [1.807, 2.05) is 0 Å². The second-order valence-electron chi connectivity index (χ2n) is 6.04. The first-order chi connectivity index (χ1) is 9.15. The van der Waals surface area contributed by atoms with E-state index in [1.165, 1.54) is 32.1 Å². The normalized spacial score (nSPS) is 27.2. The molecule has 1 aliphatic rings. The van der Waals surface area contributed by atoms with Crippen molar-refractivity contribution < 1.29 is 4.52 Å². The SMILES string of the molecule is CCC1CCCC(c2noc([C@@H](N)[C@@H](C)CC)n2)C1. The van der Waals surface area contributed by atoms with E-state index in [4.69, 9.17) is 10.3 Å². The Labute approximate surface area is 116 Å². The van der Waals surface area contributed by atoms with Crippen LogP contribution in [0.3, 0.4) is 0 Å². The molecule has 0 aliphatic heterocycles. The molecule has 1 heterocycles. The van der Waals surface area contributed by atoms with Crippen LogP contribution in [0.15, 0.2) is 4.52 Å². The molecule has 0 spiro atoms. The van der Waals surface area contributed by atoms with Crippen molar-refractivity contribution in [3.8, 4) is 0 Å². The predicted octanol–water partition coefficient (Wildman–Crippen LogP) is 3.80. The fourth-order valence-corrected chi connectivity index (χ4v) is 2.94. The van der Waals surface area contributed by atoms with Gasteiger partial charge in [-0.05, 0) is 24.7 Å². The van der Waals surface area contributed by atoms with Crippen LogP contribution >= 0.6 is 0 Å². The maximum atomic E-state index is 6.15. The molecule has 4 nitrogen and oxygen atoms in total. The van der Waals surface area contributed by atoms with E-state index in [0.29, 0.717) is 17.7 Å². The summed E-state index contributed by atoms with van der Waals surface area (Å²) in [6.45, 7) is 6.53. The number of hydrogen-bond acceptors (Lipinski definition) is 4. The first kappa shape index (κ1) is 14.5. The molecule has 1 fully saturated rings. The van der Waals surface area contributed by atoms with Crippen molar-refractivity contribution in [2.45, 2.75) is 71.3 Å². The highest BCUT2D eigenvalue weighted by atomic mass is 16.5. The summed E-state index contributed by atoms with van der Waals surface area (Å²) in [5.41, 5.74) is 6.15. The molecule has 1 aromatic heterocycles. The standard InChI is InChI=1S/C15H27N3O/c1-4-10(3)13(16)15-17-14(18-19-15)12-8-6-7-11(5-2)9-12/h10-13H,4-9,16H2,1-3H3/t10-,11?,12?,13-/m0/s1. The number of nitrogens with zero attached hydrogens (tertiary/aromatic N) is 2. The molecule has 0 bridgehead atoms. The third kappa shape index (κ3) is 3.35. The minimum Gasteiger partial charge on any atom is -0.338 e. The summed E-state index contributed by atoms with van der Waals surface area (Å²) in [5, 5.41) is 4.18. The maximum absolute atomic E-state index is 6.15. The Morgan fingerprint density at radius 3 is 2.84 bits per heavy atom. The first-order valence-corrected chi connectivity index (χ1v) is 7.74. The van der Waals surface area contributed by atoms with E-state index < -0.39 is 0 Å². The van der Waals surface area contributed by atoms with E-state index >= 15 is 0 Å². The van der Waals surface area contributed by atoms with E-state index in [2.05, 4.69) is 30.9 Å². The van der Waals surface area contributed by atoms with Crippen LogP contribution in [0.25, 0.3) is 0 Å². The fraction of sp³-hybridized carbons (Fsp3) is 0.867. The topological polar surface area (TPSA) is 64.9 Å². The Morgan fingerprint density at radius 2 is 2.16 bits per heavy atom. The maximum Gasteiger partial charge on any atom is 0.243 e. The van der Waals surface area contributed by atoms with Gasteiger partial charge in [-0.3, -0.25) is 0 Å². The zero-order valence-electron chi connectivity index (χ0n) is 12.4. The minimum absolute atomic E-state index is 0.128. The molecule has 4 heteroatoms. The van der Waals surface area contributed by atoms with E-state index in [9.17, 15) is 0 Å². The molecule has 19 heavy (non-hydrogen) atoms. The lowest BCUT2D eigenvalue weighted by atomic mass is 9.80. The van der Waals surface area contributed by atoms with Gasteiger partial charge < -0.3 is 10.3 Å². The Balaban J connectivity index is 2.04. The molecule has 2 N–H and O–H groups in total. The summed E-state index contributed by atoms with van der Waals surface area (Å²) in [5.74, 6) is 3.17. The summed E-state index contributed by atoms with van der Waals surface area (Å²) in [7, 11) is 0. The lowest BCUT2D eigenvalue weighted by Crippen LogP contribution is -2.19. The second-order valence-corrected chi connectivity index (χ2v) is 6.04. The van der Waals surface area contributed by atoms with Crippen LogP contribution in [0, 0.1) is 11.8 Å². The van der Waals surface area contributed by atoms with Crippen LogP contribution < -0.4 is 5.73 Å². The van der Waals surface area contributed by atoms with Gasteiger partial charge in [0.15, 0.2) is 5.82 Å². The average molecular weight is 265 g/mol. The van der Waals surface area contributed by atoms with Crippen molar-refractivity contribution in [2.75, 3.05) is 0 Å². The summed E-state index contributed by atoms with van der Waals surface area (Å²) in [6, 6.07) is -0.128. The zero-order chi connectivity index (χ0) is 13.8. The molecule has 1 aliphatic carbocycles. The third-order valence-corrected chi connectivity index (χ3v) is 4.72. The Kier molecular flexibility index (Phi) is 4.97. The van der Waals surface area contributed by atoms with Gasteiger partial charge in [0.25, 0.3) is 0 Å². The van der Waals surface area contributed by atoms with E-state index in [0.717, 1.165) is 18.2 Å². The molecule has 108 valence electrons. The van der Waals surface area contributed by atoms with Gasteiger partial charge >= 0.3 is 0 Å². The van der Waals surface area contributed by atoms with Gasteiger partial charge in [-0.25, -0.2) is 0 Å². The molecular weight excluding hydrogens is 238 g/mol. The molecule has 2 unspecified atom stereocenters. The molecule has 0 amide bonds. The molecule has 0 radical (unpaired) electrons. The highest BCUT2D eigenvalue weighted by Gasteiger charge is 2.27. The van der Waals surface area contributed by atoms with Crippen molar-refractivity contribution in [1.82, 2.24) is 10.1 Å². The van der Waals surface area contributed by atoms with Gasteiger partial charge in [0.2, 0.25) is 5.89 Å². The largest absolute Gasteiger partial charge is 0.338 e. The van der Waals surface area contributed by atoms with Crippen molar-refractivity contribution in [3.63, 3.8) is 0 Å². The third-order valence-electron chi connectivity index (χ3n) is 4.72. The Hall–Kier alpha value is -0.900. The number of hydrogen-bond donors (Lipinski definition) is 1. The Bertz CT molecular complexity index is 390. The number of rotatable bonds is 5. The molecule has 2 rings (SSSR count). The average Bonchev–Trinajstić information content (AvgIpc) is 2.95. The highest BCUT2D eigenvalue weighted by Crippen LogP contribution is 2.36. The first-order valence-electron chi connectivity index (χ1n) is 7.74. The number of nitrogens with two attached hydrogens (primary N) is 1. The predicted molar refractivity (Wildman–Crippen MR) is 75.7 cm³/mol. The second kappa shape index (κ2) is 6.51. The highest BCUT2D eigenvalue weighted by molar-refractivity contribution is 5.00. The van der Waals surface area contributed by atoms with Crippen LogP contribution in [0.4, 0.5) is 0 Å². The smallest absolute Gasteiger partial charge is 0.243 e. The van der Waals surface area contributed by atoms with Crippen LogP contribution in [0.1, 0.15) is 83.0 Å².